The summed E-state index contributed by atoms with van der Waals surface area (Å²) in [4.78, 5) is 9.19. The van der Waals surface area contributed by atoms with E-state index in [1.807, 2.05) is 36.5 Å². The highest BCUT2D eigenvalue weighted by molar-refractivity contribution is 7.80. The van der Waals surface area contributed by atoms with Crippen LogP contribution in [-0.4, -0.2) is 51.6 Å². The fourth-order valence-corrected chi connectivity index (χ4v) is 5.23. The van der Waals surface area contributed by atoms with Gasteiger partial charge in [0.1, 0.15) is 0 Å². The van der Waals surface area contributed by atoms with Gasteiger partial charge in [-0.2, -0.15) is 0 Å². The second kappa shape index (κ2) is 9.22. The van der Waals surface area contributed by atoms with Gasteiger partial charge < -0.3 is 19.7 Å². The van der Waals surface area contributed by atoms with E-state index in [0.29, 0.717) is 0 Å². The average molecular weight is 468 g/mol. The first-order valence-corrected chi connectivity index (χ1v) is 11.7. The maximum absolute atomic E-state index is 6.33. The van der Waals surface area contributed by atoms with Crippen molar-refractivity contribution in [3.8, 4) is 5.69 Å². The van der Waals surface area contributed by atoms with Crippen LogP contribution in [0.3, 0.4) is 0 Å². The minimum atomic E-state index is -0.0159. The van der Waals surface area contributed by atoms with E-state index in [1.165, 1.54) is 22.5 Å². The summed E-state index contributed by atoms with van der Waals surface area (Å²) in [5.41, 5.74) is 7.06. The lowest BCUT2D eigenvalue weighted by molar-refractivity contribution is 0.276. The molecule has 32 heavy (non-hydrogen) atoms. The second-order valence-electron chi connectivity index (χ2n) is 8.65. The first-order valence-electron chi connectivity index (χ1n) is 10.9. The molecule has 1 saturated heterocycles. The Bertz CT molecular complexity index is 1120. The number of rotatable bonds is 6. The Morgan fingerprint density at radius 3 is 2.53 bits per heavy atom. The summed E-state index contributed by atoms with van der Waals surface area (Å²) in [6.45, 7) is 8.33. The minimum Gasteiger partial charge on any atom is -0.352 e. The third kappa shape index (κ3) is 4.15. The molecule has 2 aromatic heterocycles. The van der Waals surface area contributed by atoms with E-state index in [9.17, 15) is 0 Å². The smallest absolute Gasteiger partial charge is 0.170 e. The quantitative estimate of drug-likeness (QED) is 0.517. The molecule has 0 amide bonds. The largest absolute Gasteiger partial charge is 0.352 e. The summed E-state index contributed by atoms with van der Waals surface area (Å²) in [6, 6.07) is 14.1. The number of thiocarbonyl (C=S) groups is 1. The Morgan fingerprint density at radius 2 is 1.88 bits per heavy atom. The van der Waals surface area contributed by atoms with Crippen LogP contribution in [0.25, 0.3) is 5.69 Å². The first-order chi connectivity index (χ1) is 15.3. The highest BCUT2D eigenvalue weighted by Crippen LogP contribution is 2.43. The molecule has 1 fully saturated rings. The molecule has 0 unspecified atom stereocenters. The maximum Gasteiger partial charge on any atom is 0.170 e. The van der Waals surface area contributed by atoms with Gasteiger partial charge in [-0.1, -0.05) is 23.7 Å². The molecule has 1 aromatic carbocycles. The molecule has 4 rings (SSSR count). The van der Waals surface area contributed by atoms with Crippen LogP contribution in [0.1, 0.15) is 40.3 Å². The van der Waals surface area contributed by atoms with Gasteiger partial charge in [0.15, 0.2) is 5.11 Å². The van der Waals surface area contributed by atoms with Crippen molar-refractivity contribution in [2.45, 2.75) is 32.9 Å². The van der Waals surface area contributed by atoms with Gasteiger partial charge in [0.2, 0.25) is 0 Å². The van der Waals surface area contributed by atoms with Crippen LogP contribution in [0.15, 0.2) is 48.7 Å². The molecule has 3 heterocycles. The summed E-state index contributed by atoms with van der Waals surface area (Å²) < 4.78 is 2.30. The first kappa shape index (κ1) is 22.8. The van der Waals surface area contributed by atoms with E-state index in [2.05, 4.69) is 71.7 Å². The third-order valence-electron chi connectivity index (χ3n) is 6.36. The Kier molecular flexibility index (Phi) is 6.56. The van der Waals surface area contributed by atoms with Crippen LogP contribution in [0.4, 0.5) is 0 Å². The van der Waals surface area contributed by atoms with E-state index in [1.54, 1.807) is 0 Å². The zero-order valence-electron chi connectivity index (χ0n) is 19.3. The molecule has 0 aliphatic carbocycles. The van der Waals surface area contributed by atoms with Gasteiger partial charge in [0.25, 0.3) is 0 Å². The fraction of sp³-hybridized carbons (Fsp3) is 0.360. The lowest BCUT2D eigenvalue weighted by atomic mass is 9.93. The molecule has 7 heteroatoms. The summed E-state index contributed by atoms with van der Waals surface area (Å²) in [7, 11) is 4.18. The van der Waals surface area contributed by atoms with Crippen LogP contribution in [0.2, 0.25) is 5.02 Å². The van der Waals surface area contributed by atoms with Crippen LogP contribution in [0.5, 0.6) is 0 Å². The van der Waals surface area contributed by atoms with Gasteiger partial charge in [0, 0.05) is 46.9 Å². The number of hydrogen-bond donors (Lipinski definition) is 1. The zero-order chi connectivity index (χ0) is 23.0. The Labute approximate surface area is 201 Å². The van der Waals surface area contributed by atoms with Crippen LogP contribution in [0, 0.1) is 20.8 Å². The Balaban J connectivity index is 1.87. The summed E-state index contributed by atoms with van der Waals surface area (Å²) in [6.07, 6.45) is 1.85. The molecule has 0 bridgehead atoms. The Morgan fingerprint density at radius 1 is 1.09 bits per heavy atom. The number of aromatic nitrogens is 2. The highest BCUT2D eigenvalue weighted by Gasteiger charge is 2.42. The predicted molar refractivity (Wildman–Crippen MR) is 136 cm³/mol. The van der Waals surface area contributed by atoms with Crippen molar-refractivity contribution in [1.29, 1.82) is 0 Å². The van der Waals surface area contributed by atoms with Crippen molar-refractivity contribution in [3.63, 3.8) is 0 Å². The number of hydrogen-bond acceptors (Lipinski definition) is 3. The van der Waals surface area contributed by atoms with E-state index in [0.717, 1.165) is 34.6 Å². The third-order valence-corrected chi connectivity index (χ3v) is 6.94. The summed E-state index contributed by atoms with van der Waals surface area (Å²) in [5.74, 6) is 0. The number of pyridine rings is 1. The van der Waals surface area contributed by atoms with Gasteiger partial charge in [0.05, 0.1) is 17.8 Å². The maximum atomic E-state index is 6.33. The van der Waals surface area contributed by atoms with Crippen LogP contribution >= 0.6 is 23.8 Å². The number of halogens is 1. The van der Waals surface area contributed by atoms with Gasteiger partial charge in [-0.15, -0.1) is 0 Å². The molecule has 0 radical (unpaired) electrons. The SMILES string of the molecule is Cc1c([C@H]2[C@@H](c3ccccn3)NC(=S)N2CCN(C)C)c(C)n(-c2cccc(Cl)c2)c1C. The Hall–Kier alpha value is -2.41. The van der Waals surface area contributed by atoms with Gasteiger partial charge in [-0.25, -0.2) is 0 Å². The minimum absolute atomic E-state index is 0.0159. The van der Waals surface area contributed by atoms with E-state index in [-0.39, 0.29) is 12.1 Å². The normalized spacial score (nSPS) is 18.5. The standard InChI is InChI=1S/C25H30ClN5S/c1-16-17(2)31(20-10-8-9-19(26)15-20)18(3)22(16)24-23(21-11-6-7-12-27-21)28-25(32)30(24)14-13-29(4)5/h6-12,15,23-24H,13-14H2,1-5H3,(H,28,32)/t23-,24+/m1/s1. The van der Waals surface area contributed by atoms with Crippen molar-refractivity contribution < 1.29 is 0 Å². The van der Waals surface area contributed by atoms with Crippen LogP contribution in [-0.2, 0) is 0 Å². The van der Waals surface area contributed by atoms with Crippen molar-refractivity contribution in [1.82, 2.24) is 24.7 Å². The topological polar surface area (TPSA) is 36.3 Å². The monoisotopic (exact) mass is 467 g/mol. The molecule has 0 spiro atoms. The van der Waals surface area contributed by atoms with Crippen molar-refractivity contribution in [2.24, 2.45) is 0 Å². The molecule has 3 aromatic rings. The van der Waals surface area contributed by atoms with E-state index in [4.69, 9.17) is 23.8 Å². The van der Waals surface area contributed by atoms with E-state index >= 15 is 0 Å². The van der Waals surface area contributed by atoms with Crippen molar-refractivity contribution in [2.75, 3.05) is 27.2 Å². The molecule has 1 aliphatic heterocycles. The average Bonchev–Trinajstić information content (AvgIpc) is 3.19. The van der Waals surface area contributed by atoms with Crippen LogP contribution < -0.4 is 5.32 Å². The fourth-order valence-electron chi connectivity index (χ4n) is 4.71. The lowest BCUT2D eigenvalue weighted by Crippen LogP contribution is -2.35. The highest BCUT2D eigenvalue weighted by atomic mass is 35.5. The molecular weight excluding hydrogens is 438 g/mol. The van der Waals surface area contributed by atoms with Crippen molar-refractivity contribution in [3.05, 3.63) is 81.9 Å². The number of nitrogens with one attached hydrogen (secondary N) is 1. The van der Waals surface area contributed by atoms with E-state index < -0.39 is 0 Å². The molecule has 0 saturated carbocycles. The molecule has 1 aliphatic rings. The summed E-state index contributed by atoms with van der Waals surface area (Å²) >= 11 is 12.2. The number of nitrogens with zero attached hydrogens (tertiary/aromatic N) is 4. The predicted octanol–water partition coefficient (Wildman–Crippen LogP) is 4.99. The lowest BCUT2D eigenvalue weighted by Gasteiger charge is -2.29. The molecule has 2 atom stereocenters. The zero-order valence-corrected chi connectivity index (χ0v) is 20.8. The van der Waals surface area contributed by atoms with Gasteiger partial charge >= 0.3 is 0 Å². The number of benzene rings is 1. The van der Waals surface area contributed by atoms with Gasteiger partial charge in [-0.05, 0) is 83.0 Å². The second-order valence-corrected chi connectivity index (χ2v) is 9.47. The molecule has 168 valence electrons. The van der Waals surface area contributed by atoms with Gasteiger partial charge in [-0.3, -0.25) is 4.98 Å². The molecular formula is C25H30ClN5S. The summed E-state index contributed by atoms with van der Waals surface area (Å²) in [5, 5.41) is 5.08. The van der Waals surface area contributed by atoms with Crippen molar-refractivity contribution >= 4 is 28.9 Å². The molecule has 1 N–H and O–H groups in total. The molecule has 5 nitrogen and oxygen atoms in total. The number of likely N-dealkylation sites (N-methyl/N-ethyl adjacent to an activating group) is 1.